The van der Waals surface area contributed by atoms with Crippen LogP contribution in [0.2, 0.25) is 0 Å². The van der Waals surface area contributed by atoms with Crippen LogP contribution in [-0.4, -0.2) is 68.2 Å². The van der Waals surface area contributed by atoms with E-state index in [0.29, 0.717) is 17.1 Å². The van der Waals surface area contributed by atoms with Gasteiger partial charge < -0.3 is 10.2 Å². The van der Waals surface area contributed by atoms with Gasteiger partial charge in [0.2, 0.25) is 9.84 Å². The molecule has 4 N–H and O–H groups in total. The Morgan fingerprint density at radius 2 is 1.52 bits per heavy atom. The van der Waals surface area contributed by atoms with E-state index in [1.165, 1.54) is 25.1 Å². The van der Waals surface area contributed by atoms with Crippen LogP contribution in [0.15, 0.2) is 95.6 Å². The van der Waals surface area contributed by atoms with Gasteiger partial charge in [-0.2, -0.15) is 37.2 Å². The molecule has 1 aliphatic heterocycles. The smallest absolute Gasteiger partial charge is 0.339 e. The third kappa shape index (κ3) is 5.76. The van der Waals surface area contributed by atoms with Crippen molar-refractivity contribution in [2.45, 2.75) is 32.5 Å². The number of benzene rings is 3. The topological polar surface area (TPSA) is 258 Å². The number of sulfone groups is 1. The number of hydrazone groups is 1. The summed E-state index contributed by atoms with van der Waals surface area (Å²) in [6, 6.07) is 7.79. The van der Waals surface area contributed by atoms with Gasteiger partial charge in [0.05, 0.1) is 26.1 Å². The van der Waals surface area contributed by atoms with Crippen molar-refractivity contribution in [3.63, 3.8) is 0 Å². The molecule has 0 spiro atoms. The number of carbonyl (C=O) groups is 2. The first-order valence-corrected chi connectivity index (χ1v) is 15.6. The molecule has 1 amide bonds. The zero-order chi connectivity index (χ0) is 31.2. The van der Waals surface area contributed by atoms with Crippen molar-refractivity contribution in [1.82, 2.24) is 0 Å². The molecule has 16 nitrogen and oxygen atoms in total. The first-order chi connectivity index (χ1) is 19.4. The molecule has 0 aromatic heterocycles. The van der Waals surface area contributed by atoms with E-state index < -0.39 is 84.6 Å². The van der Waals surface area contributed by atoms with Crippen LogP contribution in [-0.2, 0) is 34.9 Å². The molecule has 42 heavy (non-hydrogen) atoms. The highest BCUT2D eigenvalue weighted by Crippen LogP contribution is 2.36. The summed E-state index contributed by atoms with van der Waals surface area (Å²) in [6.45, 7) is 1.29. The van der Waals surface area contributed by atoms with Gasteiger partial charge in [-0.25, -0.2) is 13.2 Å². The Bertz CT molecular complexity index is 2040. The predicted molar refractivity (Wildman–Crippen MR) is 142 cm³/mol. The molecule has 0 saturated carbocycles. The molecule has 0 fully saturated rings. The Morgan fingerprint density at radius 1 is 0.881 bits per heavy atom. The van der Waals surface area contributed by atoms with E-state index in [2.05, 4.69) is 15.3 Å². The first-order valence-electron chi connectivity index (χ1n) is 11.2. The molecular formula is C23H18N4O12S3. The Labute approximate surface area is 237 Å². The van der Waals surface area contributed by atoms with E-state index >= 15 is 0 Å². The number of phenols is 1. The number of anilines is 1. The number of hydrogen-bond donors (Lipinski definition) is 4. The number of amides is 1. The van der Waals surface area contributed by atoms with Crippen LogP contribution in [0, 0.1) is 0 Å². The average molecular weight is 639 g/mol. The number of nitrogens with zero attached hydrogens (tertiary/aromatic N) is 4. The van der Waals surface area contributed by atoms with Crippen LogP contribution >= 0.6 is 0 Å². The number of carbonyl (C=O) groups excluding carboxylic acids is 1. The zero-order valence-electron chi connectivity index (χ0n) is 20.9. The van der Waals surface area contributed by atoms with Crippen LogP contribution in [0.1, 0.15) is 17.3 Å². The fourth-order valence-electron chi connectivity index (χ4n) is 3.77. The number of hydrogen-bond acceptors (Lipinski definition) is 12. The van der Waals surface area contributed by atoms with Crippen molar-refractivity contribution in [2.24, 2.45) is 15.3 Å². The Hall–Kier alpha value is -4.56. The van der Waals surface area contributed by atoms with Gasteiger partial charge in [-0.3, -0.25) is 13.9 Å². The lowest BCUT2D eigenvalue weighted by atomic mass is 10.2. The summed E-state index contributed by atoms with van der Waals surface area (Å²) in [6.07, 6.45) is 0. The summed E-state index contributed by atoms with van der Waals surface area (Å²) in [5.41, 5.74) is -1.86. The Morgan fingerprint density at radius 3 is 2.14 bits per heavy atom. The van der Waals surface area contributed by atoms with Crippen LogP contribution in [0.4, 0.5) is 11.4 Å². The van der Waals surface area contributed by atoms with Gasteiger partial charge in [-0.15, -0.1) is 0 Å². The predicted octanol–water partition coefficient (Wildman–Crippen LogP) is 2.29. The molecule has 1 aliphatic rings. The maximum absolute atomic E-state index is 13.6. The highest BCUT2D eigenvalue weighted by molar-refractivity contribution is 7.91. The number of carboxylic acid groups (broad SMARTS) is 1. The molecule has 0 bridgehead atoms. The first kappa shape index (κ1) is 30.4. The van der Waals surface area contributed by atoms with Crippen molar-refractivity contribution in [3.05, 3.63) is 66.2 Å². The summed E-state index contributed by atoms with van der Waals surface area (Å²) < 4.78 is 93.1. The number of aromatic hydroxyl groups is 1. The molecule has 0 saturated heterocycles. The second kappa shape index (κ2) is 10.7. The standard InChI is InChI=1S/C23H18N4O12S3/c1-12-21(25-24-16-4-2-3-5-19(16)42(37,38)39)22(29)27(26-12)17-11-14(41(34,35)36)7-9-20(17)40(32,33)13-6-8-18(28)15(10-13)23(30)31/h2-11,21,28H,1H3,(H,30,31)(H,34,35,36)(H,37,38,39). The lowest BCUT2D eigenvalue weighted by molar-refractivity contribution is -0.117. The molecular weight excluding hydrogens is 620 g/mol. The number of carboxylic acids is 1. The molecule has 0 aliphatic carbocycles. The van der Waals surface area contributed by atoms with Crippen molar-refractivity contribution >= 4 is 59.0 Å². The van der Waals surface area contributed by atoms with Gasteiger partial charge >= 0.3 is 5.97 Å². The van der Waals surface area contributed by atoms with Gasteiger partial charge in [0.25, 0.3) is 26.1 Å². The summed E-state index contributed by atoms with van der Waals surface area (Å²) in [5, 5.41) is 31.0. The maximum Gasteiger partial charge on any atom is 0.339 e. The molecule has 220 valence electrons. The fraction of sp³-hybridized carbons (Fsp3) is 0.0870. The summed E-state index contributed by atoms with van der Waals surface area (Å²) in [7, 11) is -14.4. The third-order valence-corrected chi connectivity index (χ3v) is 9.32. The Balaban J connectivity index is 1.84. The fourth-order valence-corrected chi connectivity index (χ4v) is 6.34. The SMILES string of the molecule is CC1=NN(c2cc(S(=O)(=O)O)ccc2S(=O)(=O)c2ccc(O)c(C(=O)O)c2)C(=O)C1N=Nc1ccccc1S(=O)(=O)O. The molecule has 3 aromatic rings. The highest BCUT2D eigenvalue weighted by Gasteiger charge is 2.38. The van der Waals surface area contributed by atoms with E-state index in [0.717, 1.165) is 30.3 Å². The van der Waals surface area contributed by atoms with Crippen LogP contribution < -0.4 is 5.01 Å². The maximum atomic E-state index is 13.6. The molecule has 3 aromatic carbocycles. The monoisotopic (exact) mass is 638 g/mol. The highest BCUT2D eigenvalue weighted by atomic mass is 32.2. The molecule has 1 atom stereocenters. The number of azo groups is 1. The zero-order valence-corrected chi connectivity index (χ0v) is 23.4. The van der Waals surface area contributed by atoms with E-state index in [-0.39, 0.29) is 11.4 Å². The molecule has 1 heterocycles. The van der Waals surface area contributed by atoms with Crippen molar-refractivity contribution < 1.29 is 54.2 Å². The summed E-state index contributed by atoms with van der Waals surface area (Å²) >= 11 is 0. The molecule has 0 radical (unpaired) electrons. The van der Waals surface area contributed by atoms with Crippen molar-refractivity contribution in [1.29, 1.82) is 0 Å². The summed E-state index contributed by atoms with van der Waals surface area (Å²) in [5.74, 6) is -3.45. The number of rotatable bonds is 8. The summed E-state index contributed by atoms with van der Waals surface area (Å²) in [4.78, 5) is 22.0. The largest absolute Gasteiger partial charge is 0.507 e. The van der Waals surface area contributed by atoms with Crippen LogP contribution in [0.25, 0.3) is 0 Å². The van der Waals surface area contributed by atoms with Gasteiger partial charge in [0.1, 0.15) is 21.9 Å². The average Bonchev–Trinajstić information content (AvgIpc) is 3.18. The molecule has 4 rings (SSSR count). The quantitative estimate of drug-likeness (QED) is 0.205. The van der Waals surface area contributed by atoms with E-state index in [9.17, 15) is 54.2 Å². The van der Waals surface area contributed by atoms with Crippen molar-refractivity contribution in [3.8, 4) is 5.75 Å². The lowest BCUT2D eigenvalue weighted by Crippen LogP contribution is -2.30. The normalized spacial score (nSPS) is 16.2. The minimum atomic E-state index is -4.93. The second-order valence-corrected chi connectivity index (χ2v) is 13.3. The van der Waals surface area contributed by atoms with Gasteiger partial charge in [0.15, 0.2) is 6.04 Å². The van der Waals surface area contributed by atoms with Gasteiger partial charge in [0, 0.05) is 0 Å². The third-order valence-electron chi connectivity index (χ3n) is 5.77. The van der Waals surface area contributed by atoms with Crippen molar-refractivity contribution in [2.75, 3.05) is 5.01 Å². The second-order valence-electron chi connectivity index (χ2n) is 8.54. The molecule has 19 heteroatoms. The molecule has 1 unspecified atom stereocenters. The van der Waals surface area contributed by atoms with Gasteiger partial charge in [-0.1, -0.05) is 12.1 Å². The van der Waals surface area contributed by atoms with Crippen LogP contribution in [0.3, 0.4) is 0 Å². The Kier molecular flexibility index (Phi) is 7.74. The minimum absolute atomic E-state index is 0.0912. The van der Waals surface area contributed by atoms with Gasteiger partial charge in [-0.05, 0) is 55.5 Å². The minimum Gasteiger partial charge on any atom is -0.507 e. The van der Waals surface area contributed by atoms with Crippen LogP contribution in [0.5, 0.6) is 5.75 Å². The number of aromatic carboxylic acids is 1. The van der Waals surface area contributed by atoms with E-state index in [4.69, 9.17) is 0 Å². The van der Waals surface area contributed by atoms with E-state index in [1.54, 1.807) is 0 Å². The lowest BCUT2D eigenvalue weighted by Gasteiger charge is -2.18. The van der Waals surface area contributed by atoms with E-state index in [1.807, 2.05) is 0 Å².